The Morgan fingerprint density at radius 1 is 1.00 bits per heavy atom. The van der Waals surface area contributed by atoms with E-state index in [1.807, 2.05) is 30.6 Å². The first-order valence-corrected chi connectivity index (χ1v) is 8.35. The molecule has 0 saturated carbocycles. The molecule has 4 aromatic heterocycles. The molecule has 0 aliphatic carbocycles. The van der Waals surface area contributed by atoms with E-state index in [1.165, 1.54) is 5.56 Å². The van der Waals surface area contributed by atoms with Crippen LogP contribution in [0.25, 0.3) is 11.0 Å². The fourth-order valence-corrected chi connectivity index (χ4v) is 2.93. The van der Waals surface area contributed by atoms with Gasteiger partial charge in [0.1, 0.15) is 11.5 Å². The van der Waals surface area contributed by atoms with Gasteiger partial charge in [-0.25, -0.2) is 9.97 Å². The number of aromatic amines is 1. The van der Waals surface area contributed by atoms with E-state index in [0.717, 1.165) is 34.4 Å². The van der Waals surface area contributed by atoms with Gasteiger partial charge in [-0.05, 0) is 41.0 Å². The minimum atomic E-state index is 0.613. The first-order chi connectivity index (χ1) is 12.3. The van der Waals surface area contributed by atoms with Crippen LogP contribution < -0.4 is 5.32 Å². The second-order valence-corrected chi connectivity index (χ2v) is 6.17. The lowest BCUT2D eigenvalue weighted by Gasteiger charge is -2.08. The lowest BCUT2D eigenvalue weighted by atomic mass is 10.1. The van der Waals surface area contributed by atoms with Crippen LogP contribution in [-0.4, -0.2) is 19.9 Å². The van der Waals surface area contributed by atoms with Gasteiger partial charge >= 0.3 is 0 Å². The summed E-state index contributed by atoms with van der Waals surface area (Å²) < 4.78 is 0. The molecule has 2 N–H and O–H groups in total. The van der Waals surface area contributed by atoms with Crippen LogP contribution in [0.15, 0.2) is 61.3 Å². The Balaban J connectivity index is 1.44. The van der Waals surface area contributed by atoms with Crippen molar-refractivity contribution in [3.05, 3.63) is 83.0 Å². The lowest BCUT2D eigenvalue weighted by Crippen LogP contribution is -2.02. The van der Waals surface area contributed by atoms with Crippen LogP contribution in [0.2, 0.25) is 5.02 Å². The Labute approximate surface area is 150 Å². The normalized spacial score (nSPS) is 10.9. The predicted octanol–water partition coefficient (Wildman–Crippen LogP) is 4.21. The van der Waals surface area contributed by atoms with Crippen molar-refractivity contribution < 1.29 is 0 Å². The Morgan fingerprint density at radius 3 is 2.80 bits per heavy atom. The highest BCUT2D eigenvalue weighted by molar-refractivity contribution is 6.31. The second kappa shape index (κ2) is 6.91. The van der Waals surface area contributed by atoms with E-state index >= 15 is 0 Å². The van der Waals surface area contributed by atoms with Crippen LogP contribution in [0, 0.1) is 0 Å². The summed E-state index contributed by atoms with van der Waals surface area (Å²) in [6.45, 7) is 0.613. The largest absolute Gasteiger partial charge is 0.366 e. The highest BCUT2D eigenvalue weighted by Gasteiger charge is 2.06. The number of nitrogens with one attached hydrogen (secondary N) is 2. The summed E-state index contributed by atoms with van der Waals surface area (Å²) in [6, 6.07) is 10.00. The van der Waals surface area contributed by atoms with Gasteiger partial charge in [0.25, 0.3) is 0 Å². The van der Waals surface area contributed by atoms with Crippen LogP contribution in [-0.2, 0) is 13.0 Å². The maximum absolute atomic E-state index is 6.11. The highest BCUT2D eigenvalue weighted by atomic mass is 35.5. The van der Waals surface area contributed by atoms with E-state index in [-0.39, 0.29) is 0 Å². The van der Waals surface area contributed by atoms with Crippen molar-refractivity contribution >= 4 is 28.5 Å². The summed E-state index contributed by atoms with van der Waals surface area (Å²) in [4.78, 5) is 16.0. The smallest absolute Gasteiger partial charge is 0.137 e. The molecule has 0 bridgehead atoms. The van der Waals surface area contributed by atoms with E-state index < -0.39 is 0 Å². The van der Waals surface area contributed by atoms with Gasteiger partial charge in [-0.1, -0.05) is 17.7 Å². The van der Waals surface area contributed by atoms with Gasteiger partial charge in [0.15, 0.2) is 0 Å². The number of aromatic nitrogens is 4. The van der Waals surface area contributed by atoms with Gasteiger partial charge in [-0.3, -0.25) is 4.98 Å². The van der Waals surface area contributed by atoms with Crippen molar-refractivity contribution in [2.75, 3.05) is 5.32 Å². The van der Waals surface area contributed by atoms with Crippen LogP contribution in [0.4, 0.5) is 5.82 Å². The van der Waals surface area contributed by atoms with E-state index in [1.54, 1.807) is 18.6 Å². The molecule has 0 fully saturated rings. The molecule has 0 aliphatic heterocycles. The molecule has 25 heavy (non-hydrogen) atoms. The van der Waals surface area contributed by atoms with Gasteiger partial charge < -0.3 is 10.3 Å². The topological polar surface area (TPSA) is 66.5 Å². The summed E-state index contributed by atoms with van der Waals surface area (Å²) >= 11 is 6.11. The van der Waals surface area contributed by atoms with Gasteiger partial charge in [-0.15, -0.1) is 0 Å². The fourth-order valence-electron chi connectivity index (χ4n) is 2.75. The molecular formula is C19H16ClN5. The zero-order chi connectivity index (χ0) is 17.1. The number of hydrogen-bond donors (Lipinski definition) is 2. The van der Waals surface area contributed by atoms with Crippen molar-refractivity contribution in [2.45, 2.75) is 13.0 Å². The number of nitrogens with zero attached hydrogens (tertiary/aromatic N) is 3. The molecule has 0 aromatic carbocycles. The average Bonchev–Trinajstić information content (AvgIpc) is 3.05. The monoisotopic (exact) mass is 349 g/mol. The van der Waals surface area contributed by atoms with Crippen molar-refractivity contribution in [3.63, 3.8) is 0 Å². The van der Waals surface area contributed by atoms with Crippen LogP contribution in [0.3, 0.4) is 0 Å². The molecule has 0 amide bonds. The van der Waals surface area contributed by atoms with Crippen molar-refractivity contribution in [3.8, 4) is 0 Å². The summed E-state index contributed by atoms with van der Waals surface area (Å²) in [5, 5.41) is 5.08. The molecule has 0 atom stereocenters. The Kier molecular flexibility index (Phi) is 4.31. The molecule has 124 valence electrons. The van der Waals surface area contributed by atoms with Crippen LogP contribution >= 0.6 is 11.6 Å². The standard InChI is InChI=1S/C19H16ClN5/c20-17-12-21-7-5-14(17)10-24-18-4-3-13(9-23-18)8-15-11-25-19-16(15)2-1-6-22-19/h1-7,9,11-12H,8,10H2,(H,22,25)(H,23,24). The van der Waals surface area contributed by atoms with Crippen molar-refractivity contribution in [1.82, 2.24) is 19.9 Å². The number of halogens is 1. The van der Waals surface area contributed by atoms with E-state index in [4.69, 9.17) is 11.6 Å². The van der Waals surface area contributed by atoms with Gasteiger partial charge in [0.05, 0.1) is 5.02 Å². The number of hydrogen-bond acceptors (Lipinski definition) is 4. The Morgan fingerprint density at radius 2 is 1.96 bits per heavy atom. The molecule has 4 aromatic rings. The second-order valence-electron chi connectivity index (χ2n) is 5.76. The van der Waals surface area contributed by atoms with Crippen LogP contribution in [0.1, 0.15) is 16.7 Å². The fraction of sp³-hybridized carbons (Fsp3) is 0.105. The third kappa shape index (κ3) is 3.46. The van der Waals surface area contributed by atoms with Crippen molar-refractivity contribution in [2.24, 2.45) is 0 Å². The number of pyridine rings is 3. The molecule has 0 radical (unpaired) electrons. The minimum Gasteiger partial charge on any atom is -0.366 e. The molecule has 0 unspecified atom stereocenters. The molecule has 0 aliphatic rings. The summed E-state index contributed by atoms with van der Waals surface area (Å²) in [7, 11) is 0. The summed E-state index contributed by atoms with van der Waals surface area (Å²) in [5.41, 5.74) is 4.28. The van der Waals surface area contributed by atoms with E-state index in [9.17, 15) is 0 Å². The summed E-state index contributed by atoms with van der Waals surface area (Å²) in [5.74, 6) is 0.817. The molecule has 4 rings (SSSR count). The molecule has 0 saturated heterocycles. The predicted molar refractivity (Wildman–Crippen MR) is 99.7 cm³/mol. The average molecular weight is 350 g/mol. The van der Waals surface area contributed by atoms with Gasteiger partial charge in [0, 0.05) is 49.3 Å². The molecule has 5 nitrogen and oxygen atoms in total. The minimum absolute atomic E-state index is 0.613. The van der Waals surface area contributed by atoms with Gasteiger partial charge in [-0.2, -0.15) is 0 Å². The quantitative estimate of drug-likeness (QED) is 0.566. The van der Waals surface area contributed by atoms with Crippen molar-refractivity contribution in [1.29, 1.82) is 0 Å². The number of rotatable bonds is 5. The molecule has 4 heterocycles. The Hall–Kier alpha value is -2.92. The van der Waals surface area contributed by atoms with Gasteiger partial charge in [0.2, 0.25) is 0 Å². The lowest BCUT2D eigenvalue weighted by molar-refractivity contribution is 1.08. The number of anilines is 1. The molecule has 0 spiro atoms. The zero-order valence-corrected chi connectivity index (χ0v) is 14.2. The maximum atomic E-state index is 6.11. The first-order valence-electron chi connectivity index (χ1n) is 7.98. The third-order valence-electron chi connectivity index (χ3n) is 4.07. The highest BCUT2D eigenvalue weighted by Crippen LogP contribution is 2.20. The zero-order valence-electron chi connectivity index (χ0n) is 13.4. The number of H-pyrrole nitrogens is 1. The maximum Gasteiger partial charge on any atom is 0.137 e. The van der Waals surface area contributed by atoms with Crippen LogP contribution in [0.5, 0.6) is 0 Å². The Bertz CT molecular complexity index is 994. The van der Waals surface area contributed by atoms with E-state index in [0.29, 0.717) is 11.6 Å². The van der Waals surface area contributed by atoms with E-state index in [2.05, 4.69) is 37.4 Å². The number of fused-ring (bicyclic) bond motifs is 1. The first kappa shape index (κ1) is 15.6. The SMILES string of the molecule is Clc1cnccc1CNc1ccc(Cc2c[nH]c3ncccc23)cn1. The third-order valence-corrected chi connectivity index (χ3v) is 4.41. The molecular weight excluding hydrogens is 334 g/mol. The molecule has 6 heteroatoms. The summed E-state index contributed by atoms with van der Waals surface area (Å²) in [6.07, 6.45) is 9.89.